The highest BCUT2D eigenvalue weighted by molar-refractivity contribution is 9.10. The number of hydrogen-bond donors (Lipinski definition) is 1. The van der Waals surface area contributed by atoms with Gasteiger partial charge in [0, 0.05) is 4.47 Å². The van der Waals surface area contributed by atoms with Crippen LogP contribution in [0.3, 0.4) is 0 Å². The van der Waals surface area contributed by atoms with Crippen LogP contribution >= 0.6 is 27.7 Å². The van der Waals surface area contributed by atoms with E-state index in [1.165, 1.54) is 11.8 Å². The number of thioether (sulfide) groups is 1. The van der Waals surface area contributed by atoms with E-state index >= 15 is 0 Å². The Kier molecular flexibility index (Phi) is 4.68. The summed E-state index contributed by atoms with van der Waals surface area (Å²) in [5.74, 6) is 0.391. The minimum absolute atomic E-state index is 0.0177. The van der Waals surface area contributed by atoms with E-state index < -0.39 is 0 Å². The summed E-state index contributed by atoms with van der Waals surface area (Å²) in [5.41, 5.74) is 1.14. The van der Waals surface area contributed by atoms with Crippen molar-refractivity contribution in [1.29, 1.82) is 0 Å². The molecule has 1 aromatic rings. The van der Waals surface area contributed by atoms with Gasteiger partial charge in [-0.2, -0.15) is 0 Å². The average Bonchev–Trinajstić information content (AvgIpc) is 2.71. The molecule has 1 N–H and O–H groups in total. The summed E-state index contributed by atoms with van der Waals surface area (Å²) in [6.45, 7) is 6.14. The molecule has 3 nitrogen and oxygen atoms in total. The second kappa shape index (κ2) is 6.09. The molecule has 1 amide bonds. The van der Waals surface area contributed by atoms with Gasteiger partial charge in [0.1, 0.15) is 0 Å². The number of hydrogen-bond acceptors (Lipinski definition) is 3. The fourth-order valence-electron chi connectivity index (χ4n) is 1.87. The van der Waals surface area contributed by atoms with Gasteiger partial charge >= 0.3 is 0 Å². The number of halogens is 1. The molecule has 1 aromatic carbocycles. The Morgan fingerprint density at radius 1 is 1.26 bits per heavy atom. The number of amides is 1. The number of nitrogens with zero attached hydrogens (tertiary/aromatic N) is 1. The van der Waals surface area contributed by atoms with Crippen molar-refractivity contribution in [3.63, 3.8) is 0 Å². The first-order valence-electron chi connectivity index (χ1n) is 6.28. The fraction of sp³-hybridized carbons (Fsp3) is 0.429. The molecule has 19 heavy (non-hydrogen) atoms. The first kappa shape index (κ1) is 14.6. The topological polar surface area (TPSA) is 41.5 Å². The van der Waals surface area contributed by atoms with Crippen molar-refractivity contribution in [2.75, 3.05) is 0 Å². The summed E-state index contributed by atoms with van der Waals surface area (Å²) < 4.78 is 1.06. The molecule has 1 heterocycles. The van der Waals surface area contributed by atoms with E-state index in [9.17, 15) is 4.79 Å². The second-order valence-electron chi connectivity index (χ2n) is 4.93. The number of amidine groups is 1. The van der Waals surface area contributed by atoms with Crippen molar-refractivity contribution in [3.05, 3.63) is 34.3 Å². The predicted octanol–water partition coefficient (Wildman–Crippen LogP) is 3.75. The van der Waals surface area contributed by atoms with Crippen molar-refractivity contribution in [3.8, 4) is 0 Å². The Morgan fingerprint density at radius 2 is 1.89 bits per heavy atom. The van der Waals surface area contributed by atoms with Crippen LogP contribution in [-0.2, 0) is 4.79 Å². The fourth-order valence-corrected chi connectivity index (χ4v) is 3.19. The standard InChI is InChI=1S/C14H17BrN2OS/c1-8(2)12-13(18)17-14(19-12)16-9(3)10-4-6-11(15)7-5-10/h4-9,12H,1-3H3,(H,16,17,18)/t9-,12?/m0/s1. The summed E-state index contributed by atoms with van der Waals surface area (Å²) in [5, 5.41) is 3.58. The molecular formula is C14H17BrN2OS. The first-order valence-corrected chi connectivity index (χ1v) is 7.95. The molecule has 0 spiro atoms. The van der Waals surface area contributed by atoms with Crippen LogP contribution in [0.4, 0.5) is 0 Å². The van der Waals surface area contributed by atoms with Gasteiger partial charge in [-0.05, 0) is 30.5 Å². The number of carbonyl (C=O) groups is 1. The lowest BCUT2D eigenvalue weighted by Crippen LogP contribution is -2.27. The zero-order valence-electron chi connectivity index (χ0n) is 11.2. The highest BCUT2D eigenvalue weighted by atomic mass is 79.9. The highest BCUT2D eigenvalue weighted by Gasteiger charge is 2.32. The van der Waals surface area contributed by atoms with Gasteiger partial charge in [0.2, 0.25) is 5.91 Å². The van der Waals surface area contributed by atoms with E-state index in [1.54, 1.807) is 0 Å². The van der Waals surface area contributed by atoms with E-state index in [0.29, 0.717) is 5.92 Å². The molecule has 102 valence electrons. The summed E-state index contributed by atoms with van der Waals surface area (Å²) in [6, 6.07) is 8.13. The number of nitrogens with one attached hydrogen (secondary N) is 1. The van der Waals surface area contributed by atoms with E-state index in [2.05, 4.69) is 40.1 Å². The van der Waals surface area contributed by atoms with Crippen molar-refractivity contribution < 1.29 is 4.79 Å². The van der Waals surface area contributed by atoms with Crippen LogP contribution < -0.4 is 5.32 Å². The van der Waals surface area contributed by atoms with Crippen LogP contribution in [0.15, 0.2) is 33.7 Å². The summed E-state index contributed by atoms with van der Waals surface area (Å²) >= 11 is 4.95. The van der Waals surface area contributed by atoms with Gasteiger partial charge in [0.15, 0.2) is 5.17 Å². The molecule has 0 bridgehead atoms. The van der Waals surface area contributed by atoms with Crippen molar-refractivity contribution in [1.82, 2.24) is 5.32 Å². The Morgan fingerprint density at radius 3 is 2.42 bits per heavy atom. The smallest absolute Gasteiger partial charge is 0.239 e. The maximum Gasteiger partial charge on any atom is 0.239 e. The SMILES string of the molecule is CC(C)C1SC(=N[C@@H](C)c2ccc(Br)cc2)NC1=O. The van der Waals surface area contributed by atoms with Crippen LogP contribution in [0, 0.1) is 5.92 Å². The number of benzene rings is 1. The molecule has 0 aromatic heterocycles. The molecule has 0 aliphatic carbocycles. The van der Waals surface area contributed by atoms with Crippen LogP contribution in [0.5, 0.6) is 0 Å². The summed E-state index contributed by atoms with van der Waals surface area (Å²) in [7, 11) is 0. The van der Waals surface area contributed by atoms with E-state index in [0.717, 1.165) is 15.2 Å². The lowest BCUT2D eigenvalue weighted by molar-refractivity contribution is -0.119. The minimum Gasteiger partial charge on any atom is -0.304 e. The molecule has 2 rings (SSSR count). The van der Waals surface area contributed by atoms with Crippen molar-refractivity contribution >= 4 is 38.8 Å². The van der Waals surface area contributed by atoms with Gasteiger partial charge < -0.3 is 5.32 Å². The minimum atomic E-state index is -0.0177. The third kappa shape index (κ3) is 3.60. The van der Waals surface area contributed by atoms with Gasteiger partial charge in [0.25, 0.3) is 0 Å². The maximum absolute atomic E-state index is 11.8. The number of aliphatic imine (C=N–C) groups is 1. The Labute approximate surface area is 126 Å². The average molecular weight is 341 g/mol. The zero-order chi connectivity index (χ0) is 14.0. The maximum atomic E-state index is 11.8. The molecule has 5 heteroatoms. The lowest BCUT2D eigenvalue weighted by Gasteiger charge is -2.09. The zero-order valence-corrected chi connectivity index (χ0v) is 13.6. The lowest BCUT2D eigenvalue weighted by atomic mass is 10.1. The molecule has 0 radical (unpaired) electrons. The van der Waals surface area contributed by atoms with Crippen molar-refractivity contribution in [2.24, 2.45) is 10.9 Å². The van der Waals surface area contributed by atoms with E-state index in [1.807, 2.05) is 31.2 Å². The molecule has 1 fully saturated rings. The third-order valence-corrected chi connectivity index (χ3v) is 4.97. The Hall–Kier alpha value is -0.810. The molecule has 0 saturated carbocycles. The monoisotopic (exact) mass is 340 g/mol. The van der Waals surface area contributed by atoms with Crippen molar-refractivity contribution in [2.45, 2.75) is 32.1 Å². The number of carbonyl (C=O) groups excluding carboxylic acids is 1. The quantitative estimate of drug-likeness (QED) is 0.910. The molecule has 1 aliphatic heterocycles. The van der Waals surface area contributed by atoms with Gasteiger partial charge in [-0.25, -0.2) is 0 Å². The second-order valence-corrected chi connectivity index (χ2v) is 6.98. The molecule has 1 unspecified atom stereocenters. The van der Waals surface area contributed by atoms with Gasteiger partial charge in [-0.1, -0.05) is 53.7 Å². The van der Waals surface area contributed by atoms with Gasteiger partial charge in [0.05, 0.1) is 11.3 Å². The normalized spacial score (nSPS) is 22.9. The number of rotatable bonds is 3. The van der Waals surface area contributed by atoms with Gasteiger partial charge in [-0.15, -0.1) is 0 Å². The third-order valence-electron chi connectivity index (χ3n) is 3.00. The van der Waals surface area contributed by atoms with Crippen LogP contribution in [0.1, 0.15) is 32.4 Å². The molecular weight excluding hydrogens is 324 g/mol. The van der Waals surface area contributed by atoms with Crippen LogP contribution in [-0.4, -0.2) is 16.3 Å². The molecule has 1 aliphatic rings. The predicted molar refractivity (Wildman–Crippen MR) is 84.4 cm³/mol. The Bertz CT molecular complexity index is 499. The first-order chi connectivity index (χ1) is 8.97. The molecule has 1 saturated heterocycles. The van der Waals surface area contributed by atoms with Gasteiger partial charge in [-0.3, -0.25) is 9.79 Å². The summed E-state index contributed by atoms with van der Waals surface area (Å²) in [6.07, 6.45) is 0. The highest BCUT2D eigenvalue weighted by Crippen LogP contribution is 2.28. The van der Waals surface area contributed by atoms with Crippen LogP contribution in [0.2, 0.25) is 0 Å². The largest absolute Gasteiger partial charge is 0.304 e. The van der Waals surface area contributed by atoms with E-state index in [-0.39, 0.29) is 17.2 Å². The summed E-state index contributed by atoms with van der Waals surface area (Å²) in [4.78, 5) is 16.4. The molecule has 2 atom stereocenters. The Balaban J connectivity index is 2.10. The van der Waals surface area contributed by atoms with Crippen LogP contribution in [0.25, 0.3) is 0 Å². The van der Waals surface area contributed by atoms with E-state index in [4.69, 9.17) is 0 Å².